The average Bonchev–Trinajstić information content (AvgIpc) is 2.27. The fourth-order valence-electron chi connectivity index (χ4n) is 0.947. The molecule has 14 heavy (non-hydrogen) atoms. The molecule has 0 aliphatic rings. The van der Waals surface area contributed by atoms with E-state index in [1.165, 1.54) is 6.07 Å². The van der Waals surface area contributed by atoms with E-state index in [4.69, 9.17) is 11.6 Å². The maximum absolute atomic E-state index is 11.2. The molecule has 80 valence electrons. The Bertz CT molecular complexity index is 440. The third-order valence-electron chi connectivity index (χ3n) is 1.69. The highest BCUT2D eigenvalue weighted by Crippen LogP contribution is 2.36. The molecule has 0 saturated heterocycles. The number of aliphatic hydroxyl groups is 1. The van der Waals surface area contributed by atoms with Crippen LogP contribution in [0.25, 0.3) is 0 Å². The lowest BCUT2D eigenvalue weighted by molar-refractivity contribution is 0.0790. The van der Waals surface area contributed by atoms with Crippen molar-refractivity contribution in [1.82, 2.24) is 0 Å². The Kier molecular flexibility index (Phi) is 2.98. The second-order valence-electron chi connectivity index (χ2n) is 3.58. The van der Waals surface area contributed by atoms with E-state index in [1.807, 2.05) is 0 Å². The van der Waals surface area contributed by atoms with E-state index in [1.54, 1.807) is 13.8 Å². The third kappa shape index (κ3) is 2.48. The monoisotopic (exact) mass is 254 g/mol. The average molecular weight is 255 g/mol. The molecule has 0 atom stereocenters. The lowest BCUT2D eigenvalue weighted by Gasteiger charge is -2.15. The van der Waals surface area contributed by atoms with Gasteiger partial charge in [0.05, 0.1) is 5.60 Å². The topological polar surface area (TPSA) is 54.4 Å². The molecule has 0 spiro atoms. The maximum atomic E-state index is 11.2. The molecule has 0 bridgehead atoms. The molecule has 0 saturated carbocycles. The summed E-state index contributed by atoms with van der Waals surface area (Å²) in [5, 5.41) is 9.68. The molecular formula is C8H11ClO3S2. The lowest BCUT2D eigenvalue weighted by atomic mass is 10.0. The summed E-state index contributed by atoms with van der Waals surface area (Å²) in [6.45, 7) is 3.12. The number of hydrogen-bond donors (Lipinski definition) is 1. The van der Waals surface area contributed by atoms with Gasteiger partial charge in [-0.1, -0.05) is 11.6 Å². The van der Waals surface area contributed by atoms with Crippen molar-refractivity contribution >= 4 is 32.8 Å². The van der Waals surface area contributed by atoms with Crippen LogP contribution in [0.4, 0.5) is 0 Å². The Hall–Kier alpha value is -0.100. The van der Waals surface area contributed by atoms with E-state index >= 15 is 0 Å². The molecule has 0 aromatic carbocycles. The van der Waals surface area contributed by atoms with Crippen LogP contribution in [0.5, 0.6) is 0 Å². The van der Waals surface area contributed by atoms with Crippen molar-refractivity contribution in [2.45, 2.75) is 23.7 Å². The number of hydrogen-bond acceptors (Lipinski definition) is 4. The standard InChI is InChI=1S/C8H11ClO3S2/c1-8(2,10)5-4-6(13-7(5)9)14(3,11)12/h4,10H,1-3H3. The molecule has 3 nitrogen and oxygen atoms in total. The zero-order chi connectivity index (χ0) is 11.1. The summed E-state index contributed by atoms with van der Waals surface area (Å²) in [4.78, 5) is 0. The fourth-order valence-corrected chi connectivity index (χ4v) is 3.58. The zero-order valence-electron chi connectivity index (χ0n) is 8.04. The van der Waals surface area contributed by atoms with Gasteiger partial charge in [0, 0.05) is 11.8 Å². The van der Waals surface area contributed by atoms with Gasteiger partial charge in [-0.15, -0.1) is 11.3 Å². The zero-order valence-corrected chi connectivity index (χ0v) is 10.4. The van der Waals surface area contributed by atoms with E-state index in [-0.39, 0.29) is 4.21 Å². The minimum atomic E-state index is -3.24. The summed E-state index contributed by atoms with van der Waals surface area (Å²) in [5.41, 5.74) is -0.666. The maximum Gasteiger partial charge on any atom is 0.184 e. The SMILES string of the molecule is CC(C)(O)c1cc(S(C)(=O)=O)sc1Cl. The first-order valence-corrected chi connectivity index (χ1v) is 6.93. The smallest absolute Gasteiger partial charge is 0.184 e. The summed E-state index contributed by atoms with van der Waals surface area (Å²) in [6, 6.07) is 1.42. The van der Waals surface area contributed by atoms with Crippen molar-refractivity contribution in [3.63, 3.8) is 0 Å². The lowest BCUT2D eigenvalue weighted by Crippen LogP contribution is -2.14. The Morgan fingerprint density at radius 3 is 2.21 bits per heavy atom. The third-order valence-corrected chi connectivity index (χ3v) is 4.85. The minimum absolute atomic E-state index is 0.180. The van der Waals surface area contributed by atoms with Crippen LogP contribution in [0.1, 0.15) is 19.4 Å². The highest BCUT2D eigenvalue weighted by molar-refractivity contribution is 7.92. The molecule has 0 aliphatic heterocycles. The van der Waals surface area contributed by atoms with Crippen LogP contribution < -0.4 is 0 Å². The van der Waals surface area contributed by atoms with Gasteiger partial charge in [-0.25, -0.2) is 8.42 Å². The summed E-state index contributed by atoms with van der Waals surface area (Å²) >= 11 is 6.80. The molecule has 0 fully saturated rings. The van der Waals surface area contributed by atoms with Gasteiger partial charge >= 0.3 is 0 Å². The Morgan fingerprint density at radius 2 is 2.00 bits per heavy atom. The van der Waals surface area contributed by atoms with Crippen LogP contribution in [0.2, 0.25) is 4.34 Å². The molecular weight excluding hydrogens is 244 g/mol. The number of rotatable bonds is 2. The first-order valence-electron chi connectivity index (χ1n) is 3.84. The van der Waals surface area contributed by atoms with Crippen molar-refractivity contribution in [2.75, 3.05) is 6.26 Å². The van der Waals surface area contributed by atoms with Gasteiger partial charge in [-0.2, -0.15) is 0 Å². The Morgan fingerprint density at radius 1 is 1.50 bits per heavy atom. The molecule has 6 heteroatoms. The molecule has 1 heterocycles. The minimum Gasteiger partial charge on any atom is -0.386 e. The molecule has 0 radical (unpaired) electrons. The summed E-state index contributed by atoms with van der Waals surface area (Å²) in [5.74, 6) is 0. The van der Waals surface area contributed by atoms with Crippen molar-refractivity contribution in [1.29, 1.82) is 0 Å². The van der Waals surface area contributed by atoms with Crippen LogP contribution in [0.3, 0.4) is 0 Å². The van der Waals surface area contributed by atoms with Crippen LogP contribution in [0, 0.1) is 0 Å². The Balaban J connectivity index is 3.33. The molecule has 1 aromatic heterocycles. The van der Waals surface area contributed by atoms with Gasteiger partial charge in [0.25, 0.3) is 0 Å². The second kappa shape index (κ2) is 3.48. The van der Waals surface area contributed by atoms with Gasteiger partial charge in [0.15, 0.2) is 9.84 Å². The molecule has 0 unspecified atom stereocenters. The van der Waals surface area contributed by atoms with E-state index < -0.39 is 15.4 Å². The first-order chi connectivity index (χ1) is 6.12. The largest absolute Gasteiger partial charge is 0.386 e. The summed E-state index contributed by atoms with van der Waals surface area (Å²) in [7, 11) is -3.24. The molecule has 1 N–H and O–H groups in total. The molecule has 1 rings (SSSR count). The fraction of sp³-hybridized carbons (Fsp3) is 0.500. The first kappa shape index (κ1) is 12.0. The van der Waals surface area contributed by atoms with Crippen molar-refractivity contribution < 1.29 is 13.5 Å². The van der Waals surface area contributed by atoms with Gasteiger partial charge in [0.2, 0.25) is 0 Å². The number of thiophene rings is 1. The van der Waals surface area contributed by atoms with Crippen LogP contribution in [-0.4, -0.2) is 19.8 Å². The number of halogens is 1. The van der Waals surface area contributed by atoms with Crippen LogP contribution >= 0.6 is 22.9 Å². The van der Waals surface area contributed by atoms with E-state index in [9.17, 15) is 13.5 Å². The normalized spacial score (nSPS) is 13.2. The van der Waals surface area contributed by atoms with Crippen molar-refractivity contribution in [3.05, 3.63) is 16.0 Å². The number of sulfone groups is 1. The van der Waals surface area contributed by atoms with Crippen molar-refractivity contribution in [3.8, 4) is 0 Å². The molecule has 0 aliphatic carbocycles. The predicted octanol–water partition coefficient (Wildman–Crippen LogP) is 2.03. The second-order valence-corrected chi connectivity index (χ2v) is 7.48. The molecule has 1 aromatic rings. The van der Waals surface area contributed by atoms with Crippen LogP contribution in [-0.2, 0) is 15.4 Å². The quantitative estimate of drug-likeness (QED) is 0.879. The van der Waals surface area contributed by atoms with Gasteiger partial charge < -0.3 is 5.11 Å². The van der Waals surface area contributed by atoms with Crippen molar-refractivity contribution in [2.24, 2.45) is 0 Å². The summed E-state index contributed by atoms with van der Waals surface area (Å²) in [6.07, 6.45) is 1.11. The van der Waals surface area contributed by atoms with Crippen LogP contribution in [0.15, 0.2) is 10.3 Å². The highest BCUT2D eigenvalue weighted by Gasteiger charge is 2.24. The van der Waals surface area contributed by atoms with E-state index in [0.717, 1.165) is 17.6 Å². The van der Waals surface area contributed by atoms with E-state index in [2.05, 4.69) is 0 Å². The Labute approximate surface area is 92.3 Å². The van der Waals surface area contributed by atoms with E-state index in [0.29, 0.717) is 9.90 Å². The highest BCUT2D eigenvalue weighted by atomic mass is 35.5. The predicted molar refractivity (Wildman–Crippen MR) is 57.7 cm³/mol. The van der Waals surface area contributed by atoms with Gasteiger partial charge in [0.1, 0.15) is 8.55 Å². The van der Waals surface area contributed by atoms with Gasteiger partial charge in [-0.3, -0.25) is 0 Å². The van der Waals surface area contributed by atoms with Gasteiger partial charge in [-0.05, 0) is 19.9 Å². The molecule has 0 amide bonds. The summed E-state index contributed by atoms with van der Waals surface area (Å²) < 4.78 is 22.9.